The number of esters is 2. The summed E-state index contributed by atoms with van der Waals surface area (Å²) in [4.78, 5) is 25.0. The van der Waals surface area contributed by atoms with Crippen LogP contribution in [0.3, 0.4) is 0 Å². The van der Waals surface area contributed by atoms with Gasteiger partial charge in [0.25, 0.3) is 0 Å². The molecular weight excluding hydrogens is 336 g/mol. The summed E-state index contributed by atoms with van der Waals surface area (Å²) in [6, 6.07) is 0. The van der Waals surface area contributed by atoms with Crippen LogP contribution in [0.4, 0.5) is 0 Å². The number of carbonyl (C=O) groups excluding carboxylic acids is 2. The van der Waals surface area contributed by atoms with Crippen molar-refractivity contribution in [1.29, 1.82) is 0 Å². The van der Waals surface area contributed by atoms with Crippen molar-refractivity contribution >= 4 is 11.9 Å². The fraction of sp³-hybridized carbons (Fsp3) is 0.800. The number of hydrogen-bond acceptors (Lipinski definition) is 6. The zero-order chi connectivity index (χ0) is 19.1. The quantitative estimate of drug-likeness (QED) is 0.460. The Morgan fingerprint density at radius 1 is 1.35 bits per heavy atom. The molecule has 0 aromatic carbocycles. The third kappa shape index (κ3) is 1.89. The monoisotopic (exact) mass is 364 g/mol. The van der Waals surface area contributed by atoms with E-state index in [0.717, 1.165) is 6.42 Å². The first-order chi connectivity index (χ1) is 12.1. The average Bonchev–Trinajstić information content (AvgIpc) is 3.21. The lowest BCUT2D eigenvalue weighted by atomic mass is 9.50. The smallest absolute Gasteiger partial charge is 0.333 e. The van der Waals surface area contributed by atoms with Crippen LogP contribution in [0.15, 0.2) is 11.6 Å². The first-order valence-corrected chi connectivity index (χ1v) is 9.59. The van der Waals surface area contributed by atoms with Gasteiger partial charge in [0.1, 0.15) is 6.10 Å². The van der Waals surface area contributed by atoms with Gasteiger partial charge in [-0.3, -0.25) is 4.79 Å². The van der Waals surface area contributed by atoms with E-state index in [1.54, 1.807) is 26.8 Å². The van der Waals surface area contributed by atoms with E-state index < -0.39 is 40.9 Å². The molecule has 6 nitrogen and oxygen atoms in total. The van der Waals surface area contributed by atoms with Gasteiger partial charge in [0.05, 0.1) is 12.0 Å². The van der Waals surface area contributed by atoms with Gasteiger partial charge in [0.2, 0.25) is 5.79 Å². The van der Waals surface area contributed by atoms with Gasteiger partial charge in [0, 0.05) is 17.4 Å². The summed E-state index contributed by atoms with van der Waals surface area (Å²) in [5.41, 5.74) is -0.909. The molecule has 2 heterocycles. The topological polar surface area (TPSA) is 85.4 Å². The maximum absolute atomic E-state index is 12.6. The maximum Gasteiger partial charge on any atom is 0.333 e. The van der Waals surface area contributed by atoms with Gasteiger partial charge in [0.15, 0.2) is 5.60 Å². The van der Waals surface area contributed by atoms with E-state index in [4.69, 9.17) is 14.2 Å². The lowest BCUT2D eigenvalue weighted by Crippen LogP contribution is -2.63. The molecule has 4 rings (SSSR count). The second-order valence-corrected chi connectivity index (χ2v) is 8.75. The molecule has 0 aromatic heterocycles. The number of carbonyl (C=O) groups is 2. The normalized spacial score (nSPS) is 52.5. The zero-order valence-corrected chi connectivity index (χ0v) is 16.1. The number of aliphatic hydroxyl groups is 1. The average molecular weight is 364 g/mol. The predicted octanol–water partition coefficient (Wildman–Crippen LogP) is 2.34. The van der Waals surface area contributed by atoms with Crippen LogP contribution in [0.25, 0.3) is 0 Å². The molecule has 2 saturated heterocycles. The lowest BCUT2D eigenvalue weighted by Gasteiger charge is -2.55. The fourth-order valence-electron chi connectivity index (χ4n) is 5.73. The van der Waals surface area contributed by atoms with Crippen molar-refractivity contribution in [1.82, 2.24) is 0 Å². The summed E-state index contributed by atoms with van der Waals surface area (Å²) in [5.74, 6) is -2.10. The molecular formula is C20H28O6. The molecule has 0 unspecified atom stereocenters. The zero-order valence-electron chi connectivity index (χ0n) is 16.1. The van der Waals surface area contributed by atoms with E-state index in [1.165, 1.54) is 0 Å². The number of aliphatic hydroxyl groups excluding tert-OH is 1. The van der Waals surface area contributed by atoms with Crippen LogP contribution in [-0.4, -0.2) is 40.6 Å². The Morgan fingerprint density at radius 2 is 2.04 bits per heavy atom. The first kappa shape index (κ1) is 18.0. The summed E-state index contributed by atoms with van der Waals surface area (Å²) in [6.45, 7) is 9.37. The fourth-order valence-corrected chi connectivity index (χ4v) is 5.73. The lowest BCUT2D eigenvalue weighted by molar-refractivity contribution is -0.192. The Balaban J connectivity index is 1.81. The van der Waals surface area contributed by atoms with E-state index in [0.29, 0.717) is 18.4 Å². The van der Waals surface area contributed by atoms with Crippen LogP contribution >= 0.6 is 0 Å². The van der Waals surface area contributed by atoms with Gasteiger partial charge in [-0.1, -0.05) is 19.9 Å². The van der Waals surface area contributed by atoms with Gasteiger partial charge >= 0.3 is 11.9 Å². The van der Waals surface area contributed by atoms with E-state index in [2.05, 4.69) is 6.92 Å². The van der Waals surface area contributed by atoms with Gasteiger partial charge in [-0.25, -0.2) is 4.79 Å². The third-order valence-corrected chi connectivity index (χ3v) is 7.85. The molecule has 0 aromatic rings. The standard InChI is InChI=1S/C20H28O6/c1-6-10(2)15(22)24-17-18(5)11(3)14(21)8-7-13(18)9-19-20(17,26-19)12(4)16(23)25-19/h6,11-14,17,21H,7-9H2,1-5H3/b10-6-/t11-,12-,13+,14-,17-,18+,19-,20+/m0/s1. The van der Waals surface area contributed by atoms with Crippen LogP contribution in [0.2, 0.25) is 0 Å². The molecule has 8 atom stereocenters. The Kier molecular flexibility index (Phi) is 3.68. The molecule has 0 bridgehead atoms. The molecule has 4 fully saturated rings. The molecule has 2 aliphatic heterocycles. The molecule has 0 amide bonds. The van der Waals surface area contributed by atoms with Crippen molar-refractivity contribution in [2.24, 2.45) is 23.2 Å². The number of hydrogen-bond donors (Lipinski definition) is 1. The van der Waals surface area contributed by atoms with Crippen LogP contribution in [0.1, 0.15) is 53.9 Å². The van der Waals surface area contributed by atoms with Crippen molar-refractivity contribution in [3.8, 4) is 0 Å². The molecule has 0 radical (unpaired) electrons. The third-order valence-electron chi connectivity index (χ3n) is 7.85. The van der Waals surface area contributed by atoms with Crippen molar-refractivity contribution in [2.45, 2.75) is 77.5 Å². The number of rotatable bonds is 2. The minimum absolute atomic E-state index is 0.0792. The second kappa shape index (κ2) is 5.32. The van der Waals surface area contributed by atoms with E-state index >= 15 is 0 Å². The Hall–Kier alpha value is -1.40. The molecule has 1 N–H and O–H groups in total. The highest BCUT2D eigenvalue weighted by molar-refractivity contribution is 5.88. The molecule has 0 spiro atoms. The van der Waals surface area contributed by atoms with Crippen LogP contribution < -0.4 is 0 Å². The molecule has 2 saturated carbocycles. The van der Waals surface area contributed by atoms with Gasteiger partial charge in [-0.15, -0.1) is 0 Å². The largest absolute Gasteiger partial charge is 0.455 e. The minimum atomic E-state index is -0.968. The summed E-state index contributed by atoms with van der Waals surface area (Å²) in [5, 5.41) is 10.6. The molecule has 26 heavy (non-hydrogen) atoms. The SMILES string of the molecule is C/C=C(/C)C(=O)O[C@H]1[C@@]2(C)[C@H](CC[C@H](O)[C@@H]2C)C[C@@]23OC(=O)[C@H](C)[C@@]12O3. The Labute approximate surface area is 153 Å². The summed E-state index contributed by atoms with van der Waals surface area (Å²) < 4.78 is 17.8. The predicted molar refractivity (Wildman–Crippen MR) is 91.7 cm³/mol. The second-order valence-electron chi connectivity index (χ2n) is 8.75. The summed E-state index contributed by atoms with van der Waals surface area (Å²) in [7, 11) is 0. The van der Waals surface area contributed by atoms with Crippen molar-refractivity contribution < 1.29 is 28.9 Å². The summed E-state index contributed by atoms with van der Waals surface area (Å²) >= 11 is 0. The van der Waals surface area contributed by atoms with Crippen molar-refractivity contribution in [3.05, 3.63) is 11.6 Å². The maximum atomic E-state index is 12.6. The first-order valence-electron chi connectivity index (χ1n) is 9.59. The Morgan fingerprint density at radius 3 is 2.69 bits per heavy atom. The molecule has 2 aliphatic carbocycles. The molecule has 6 heteroatoms. The number of ether oxygens (including phenoxy) is 3. The van der Waals surface area contributed by atoms with Crippen LogP contribution in [0, 0.1) is 23.2 Å². The van der Waals surface area contributed by atoms with E-state index in [-0.39, 0.29) is 17.8 Å². The van der Waals surface area contributed by atoms with Gasteiger partial charge in [-0.05, 0) is 45.4 Å². The summed E-state index contributed by atoms with van der Waals surface area (Å²) in [6.07, 6.45) is 2.71. The number of fused-ring (bicyclic) bond motifs is 1. The van der Waals surface area contributed by atoms with E-state index in [9.17, 15) is 14.7 Å². The van der Waals surface area contributed by atoms with Crippen LogP contribution in [-0.2, 0) is 23.8 Å². The highest BCUT2D eigenvalue weighted by atomic mass is 16.8. The van der Waals surface area contributed by atoms with E-state index in [1.807, 2.05) is 6.92 Å². The molecule has 4 aliphatic rings. The number of epoxide rings is 1. The number of allylic oxidation sites excluding steroid dienone is 1. The minimum Gasteiger partial charge on any atom is -0.455 e. The van der Waals surface area contributed by atoms with Crippen LogP contribution in [0.5, 0.6) is 0 Å². The van der Waals surface area contributed by atoms with Gasteiger partial charge < -0.3 is 19.3 Å². The van der Waals surface area contributed by atoms with Crippen molar-refractivity contribution in [2.75, 3.05) is 0 Å². The Bertz CT molecular complexity index is 700. The molecule has 144 valence electrons. The van der Waals surface area contributed by atoms with Gasteiger partial charge in [-0.2, -0.15) is 0 Å². The highest BCUT2D eigenvalue weighted by Gasteiger charge is 2.91. The highest BCUT2D eigenvalue weighted by Crippen LogP contribution is 2.74. The van der Waals surface area contributed by atoms with Crippen molar-refractivity contribution in [3.63, 3.8) is 0 Å².